The van der Waals surface area contributed by atoms with Crippen molar-refractivity contribution in [3.63, 3.8) is 0 Å². The van der Waals surface area contributed by atoms with Crippen LogP contribution in [-0.4, -0.2) is 24.2 Å². The Balaban J connectivity index is 2.22. The van der Waals surface area contributed by atoms with E-state index in [1.165, 1.54) is 32.1 Å². The topological polar surface area (TPSA) is 38.3 Å². The fourth-order valence-corrected chi connectivity index (χ4v) is 2.72. The number of hydrogen-bond acceptors (Lipinski definition) is 3. The van der Waals surface area contributed by atoms with E-state index >= 15 is 0 Å². The van der Waals surface area contributed by atoms with Crippen molar-refractivity contribution < 1.29 is 9.53 Å². The van der Waals surface area contributed by atoms with E-state index in [2.05, 4.69) is 12.2 Å². The number of hydrogen-bond donors (Lipinski definition) is 1. The highest BCUT2D eigenvalue weighted by atomic mass is 16.6. The van der Waals surface area contributed by atoms with Crippen molar-refractivity contribution in [1.82, 2.24) is 5.32 Å². The van der Waals surface area contributed by atoms with E-state index in [-0.39, 0.29) is 11.6 Å². The summed E-state index contributed by atoms with van der Waals surface area (Å²) < 4.78 is 5.30. The minimum absolute atomic E-state index is 0.0983. The maximum atomic E-state index is 11.6. The minimum atomic E-state index is -0.367. The van der Waals surface area contributed by atoms with Gasteiger partial charge in [0.05, 0.1) is 6.42 Å². The number of ether oxygens (including phenoxy) is 1. The molecule has 0 aromatic carbocycles. The van der Waals surface area contributed by atoms with Gasteiger partial charge in [-0.3, -0.25) is 4.79 Å². The third-order valence-electron chi connectivity index (χ3n) is 3.59. The zero-order valence-electron chi connectivity index (χ0n) is 12.4. The molecule has 0 bridgehead atoms. The van der Waals surface area contributed by atoms with E-state index in [4.69, 9.17) is 4.74 Å². The van der Waals surface area contributed by atoms with Crippen LogP contribution in [0, 0.1) is 5.92 Å². The van der Waals surface area contributed by atoms with Crippen LogP contribution < -0.4 is 5.32 Å². The van der Waals surface area contributed by atoms with E-state index in [0.29, 0.717) is 12.5 Å². The Bertz CT molecular complexity index is 258. The molecular weight excluding hydrogens is 226 g/mol. The van der Waals surface area contributed by atoms with Gasteiger partial charge in [-0.15, -0.1) is 0 Å². The van der Waals surface area contributed by atoms with Gasteiger partial charge in [-0.2, -0.15) is 0 Å². The van der Waals surface area contributed by atoms with Crippen molar-refractivity contribution in [2.75, 3.05) is 6.54 Å². The molecule has 3 nitrogen and oxygen atoms in total. The minimum Gasteiger partial charge on any atom is -0.460 e. The average Bonchev–Trinajstić information content (AvgIpc) is 2.27. The maximum absolute atomic E-state index is 11.6. The summed E-state index contributed by atoms with van der Waals surface area (Å²) in [5.41, 5.74) is -0.367. The first-order valence-electron chi connectivity index (χ1n) is 7.37. The predicted octanol–water partition coefficient (Wildman–Crippen LogP) is 3.28. The zero-order chi connectivity index (χ0) is 13.6. The molecule has 2 unspecified atom stereocenters. The molecule has 0 heterocycles. The zero-order valence-corrected chi connectivity index (χ0v) is 12.4. The lowest BCUT2D eigenvalue weighted by Gasteiger charge is -2.31. The van der Waals surface area contributed by atoms with Crippen LogP contribution in [0.3, 0.4) is 0 Å². The lowest BCUT2D eigenvalue weighted by atomic mass is 9.83. The van der Waals surface area contributed by atoms with Crippen LogP contribution in [0.4, 0.5) is 0 Å². The lowest BCUT2D eigenvalue weighted by molar-refractivity contribution is -0.154. The van der Waals surface area contributed by atoms with Crippen LogP contribution in [0.15, 0.2) is 0 Å². The van der Waals surface area contributed by atoms with Gasteiger partial charge in [-0.25, -0.2) is 0 Å². The Morgan fingerprint density at radius 3 is 2.56 bits per heavy atom. The fraction of sp³-hybridized carbons (Fsp3) is 0.933. The second-order valence-electron chi connectivity index (χ2n) is 6.35. The summed E-state index contributed by atoms with van der Waals surface area (Å²) in [6.07, 6.45) is 6.99. The summed E-state index contributed by atoms with van der Waals surface area (Å²) in [6, 6.07) is 0.603. The van der Waals surface area contributed by atoms with Crippen molar-refractivity contribution in [3.05, 3.63) is 0 Å². The van der Waals surface area contributed by atoms with E-state index in [9.17, 15) is 4.79 Å². The molecule has 2 atom stereocenters. The van der Waals surface area contributed by atoms with Crippen molar-refractivity contribution in [3.8, 4) is 0 Å². The van der Waals surface area contributed by atoms with Gasteiger partial charge >= 0.3 is 5.97 Å². The largest absolute Gasteiger partial charge is 0.460 e. The van der Waals surface area contributed by atoms with Crippen LogP contribution in [0.2, 0.25) is 0 Å². The Morgan fingerprint density at radius 2 is 1.94 bits per heavy atom. The van der Waals surface area contributed by atoms with Gasteiger partial charge in [0.25, 0.3) is 0 Å². The van der Waals surface area contributed by atoms with Gasteiger partial charge < -0.3 is 10.1 Å². The van der Waals surface area contributed by atoms with E-state index in [1.807, 2.05) is 20.8 Å². The molecule has 0 radical (unpaired) electrons. The first-order chi connectivity index (χ1) is 8.42. The van der Waals surface area contributed by atoms with Crippen LogP contribution in [0.25, 0.3) is 0 Å². The first-order valence-corrected chi connectivity index (χ1v) is 7.37. The molecule has 0 aromatic rings. The van der Waals surface area contributed by atoms with E-state index < -0.39 is 0 Å². The van der Waals surface area contributed by atoms with Gasteiger partial charge in [-0.05, 0) is 39.5 Å². The summed E-state index contributed by atoms with van der Waals surface area (Å²) in [5, 5.41) is 3.54. The van der Waals surface area contributed by atoms with Crippen molar-refractivity contribution in [2.45, 2.75) is 77.9 Å². The Hall–Kier alpha value is -0.570. The Kier molecular flexibility index (Phi) is 6.13. The molecule has 1 aliphatic rings. The van der Waals surface area contributed by atoms with Crippen molar-refractivity contribution in [2.24, 2.45) is 5.92 Å². The highest BCUT2D eigenvalue weighted by Gasteiger charge is 2.23. The summed E-state index contributed by atoms with van der Waals surface area (Å²) in [5.74, 6) is 0.691. The highest BCUT2D eigenvalue weighted by Crippen LogP contribution is 2.26. The van der Waals surface area contributed by atoms with Gasteiger partial charge in [0, 0.05) is 12.6 Å². The summed E-state index contributed by atoms with van der Waals surface area (Å²) >= 11 is 0. The fourth-order valence-electron chi connectivity index (χ4n) is 2.72. The Morgan fingerprint density at radius 1 is 1.28 bits per heavy atom. The number of rotatable bonds is 5. The quantitative estimate of drug-likeness (QED) is 0.766. The molecule has 1 fully saturated rings. The third kappa shape index (κ3) is 5.85. The second-order valence-corrected chi connectivity index (χ2v) is 6.35. The number of carbonyl (C=O) groups excluding carboxylic acids is 1. The maximum Gasteiger partial charge on any atom is 0.307 e. The molecule has 0 aliphatic heterocycles. The standard InChI is InChI=1S/C15H29NO2/c1-5-12-8-6-7-9-13(12)16-11-10-14(17)18-15(2,3)4/h12-13,16H,5-11H2,1-4H3. The van der Waals surface area contributed by atoms with Gasteiger partial charge in [0.1, 0.15) is 5.60 Å². The average molecular weight is 255 g/mol. The number of nitrogens with one attached hydrogen (secondary N) is 1. The number of esters is 1. The molecule has 0 amide bonds. The summed E-state index contributed by atoms with van der Waals surface area (Å²) in [4.78, 5) is 11.6. The van der Waals surface area contributed by atoms with Crippen LogP contribution in [0.5, 0.6) is 0 Å². The molecule has 1 rings (SSSR count). The second kappa shape index (κ2) is 7.13. The summed E-state index contributed by atoms with van der Waals surface area (Å²) in [7, 11) is 0. The van der Waals surface area contributed by atoms with E-state index in [0.717, 1.165) is 12.5 Å². The van der Waals surface area contributed by atoms with Crippen LogP contribution in [0.1, 0.15) is 66.2 Å². The monoisotopic (exact) mass is 255 g/mol. The van der Waals surface area contributed by atoms with E-state index in [1.54, 1.807) is 0 Å². The molecule has 18 heavy (non-hydrogen) atoms. The first kappa shape index (κ1) is 15.5. The molecule has 0 saturated heterocycles. The molecule has 106 valence electrons. The van der Waals surface area contributed by atoms with Gasteiger partial charge in [0.2, 0.25) is 0 Å². The predicted molar refractivity (Wildman–Crippen MR) is 74.5 cm³/mol. The smallest absolute Gasteiger partial charge is 0.307 e. The van der Waals surface area contributed by atoms with Crippen molar-refractivity contribution >= 4 is 5.97 Å². The Labute approximate surface area is 112 Å². The molecule has 0 aromatic heterocycles. The van der Waals surface area contributed by atoms with Crippen LogP contribution in [-0.2, 0) is 9.53 Å². The molecule has 1 N–H and O–H groups in total. The third-order valence-corrected chi connectivity index (χ3v) is 3.59. The van der Waals surface area contributed by atoms with Crippen LogP contribution >= 0.6 is 0 Å². The molecule has 0 spiro atoms. The molecule has 3 heteroatoms. The summed E-state index contributed by atoms with van der Waals surface area (Å²) in [6.45, 7) is 8.74. The molecular formula is C15H29NO2. The van der Waals surface area contributed by atoms with Crippen molar-refractivity contribution in [1.29, 1.82) is 0 Å². The number of carbonyl (C=O) groups is 1. The molecule has 1 aliphatic carbocycles. The van der Waals surface area contributed by atoms with Gasteiger partial charge in [0.15, 0.2) is 0 Å². The molecule has 1 saturated carbocycles. The normalized spacial score (nSPS) is 24.9. The lowest BCUT2D eigenvalue weighted by Crippen LogP contribution is -2.39. The highest BCUT2D eigenvalue weighted by molar-refractivity contribution is 5.70. The van der Waals surface area contributed by atoms with Gasteiger partial charge in [-0.1, -0.05) is 26.2 Å². The SMILES string of the molecule is CCC1CCCCC1NCCC(=O)OC(C)(C)C.